The Balaban J connectivity index is 3.62. The van der Waals surface area contributed by atoms with E-state index >= 15 is 0 Å². The van der Waals surface area contributed by atoms with Crippen LogP contribution in [0, 0.1) is 5.41 Å². The van der Waals surface area contributed by atoms with E-state index in [1.807, 2.05) is 0 Å². The Morgan fingerprint density at radius 2 is 2.10 bits per heavy atom. The van der Waals surface area contributed by atoms with Crippen molar-refractivity contribution in [3.8, 4) is 0 Å². The summed E-state index contributed by atoms with van der Waals surface area (Å²) < 4.78 is 0. The molecule has 0 rings (SSSR count). The molecule has 0 fully saturated rings. The van der Waals surface area contributed by atoms with E-state index < -0.39 is 0 Å². The highest BCUT2D eigenvalue weighted by atomic mass is 14.7. The van der Waals surface area contributed by atoms with Gasteiger partial charge in [-0.3, -0.25) is 10.4 Å². The van der Waals surface area contributed by atoms with Crippen LogP contribution >= 0.6 is 0 Å². The Morgan fingerprint density at radius 1 is 1.40 bits per heavy atom. The molecule has 0 aliphatic rings. The predicted octanol–water partition coefficient (Wildman–Crippen LogP) is 0.735. The molecule has 54 valence electrons. The monoisotopic (exact) mass is 137 g/mol. The lowest BCUT2D eigenvalue weighted by atomic mass is 10.4. The molecule has 0 amide bonds. The Kier molecular flexibility index (Phi) is 4.96. The molecule has 0 aliphatic carbocycles. The van der Waals surface area contributed by atoms with Gasteiger partial charge in [-0.05, 0) is 12.2 Å². The fourth-order valence-electron chi connectivity index (χ4n) is 0.359. The SMILES string of the molecule is CN=C/C=C\C=C\C(=N)N. The van der Waals surface area contributed by atoms with Crippen LogP contribution in [0.15, 0.2) is 29.3 Å². The number of nitrogens with two attached hydrogens (primary N) is 1. The summed E-state index contributed by atoms with van der Waals surface area (Å²) >= 11 is 0. The fraction of sp³-hybridized carbons (Fsp3) is 0.143. The molecule has 0 heterocycles. The summed E-state index contributed by atoms with van der Waals surface area (Å²) in [7, 11) is 1.69. The zero-order valence-corrected chi connectivity index (χ0v) is 5.91. The van der Waals surface area contributed by atoms with E-state index in [2.05, 4.69) is 4.99 Å². The average Bonchev–Trinajstić information content (AvgIpc) is 1.87. The summed E-state index contributed by atoms with van der Waals surface area (Å²) in [5, 5.41) is 6.80. The van der Waals surface area contributed by atoms with Crippen LogP contribution in [0.4, 0.5) is 0 Å². The van der Waals surface area contributed by atoms with Gasteiger partial charge in [-0.2, -0.15) is 0 Å². The minimum Gasteiger partial charge on any atom is -0.384 e. The molecular weight excluding hydrogens is 126 g/mol. The Morgan fingerprint density at radius 3 is 2.60 bits per heavy atom. The van der Waals surface area contributed by atoms with Crippen molar-refractivity contribution >= 4 is 12.1 Å². The molecule has 0 spiro atoms. The summed E-state index contributed by atoms with van der Waals surface area (Å²) in [6, 6.07) is 0. The maximum absolute atomic E-state index is 6.80. The van der Waals surface area contributed by atoms with Crippen molar-refractivity contribution in [2.24, 2.45) is 10.7 Å². The molecule has 0 aliphatic heterocycles. The number of nitrogens with one attached hydrogen (secondary N) is 1. The van der Waals surface area contributed by atoms with E-state index in [9.17, 15) is 0 Å². The maximum atomic E-state index is 6.80. The van der Waals surface area contributed by atoms with Crippen molar-refractivity contribution in [1.29, 1.82) is 5.41 Å². The van der Waals surface area contributed by atoms with Gasteiger partial charge in [0.15, 0.2) is 0 Å². The highest BCUT2D eigenvalue weighted by molar-refractivity contribution is 5.88. The number of allylic oxidation sites excluding steroid dienone is 3. The normalized spacial score (nSPS) is 12.1. The second-order valence-electron chi connectivity index (χ2n) is 1.61. The molecule has 0 aromatic heterocycles. The number of nitrogens with zero attached hydrogens (tertiary/aromatic N) is 1. The molecule has 10 heavy (non-hydrogen) atoms. The van der Waals surface area contributed by atoms with E-state index in [-0.39, 0.29) is 5.84 Å². The highest BCUT2D eigenvalue weighted by Gasteiger charge is 1.70. The number of aliphatic imine (C=N–C) groups is 1. The number of hydrogen-bond donors (Lipinski definition) is 2. The first kappa shape index (κ1) is 8.62. The lowest BCUT2D eigenvalue weighted by Crippen LogP contribution is -2.03. The lowest BCUT2D eigenvalue weighted by molar-refractivity contribution is 1.46. The van der Waals surface area contributed by atoms with Gasteiger partial charge in [0.25, 0.3) is 0 Å². The van der Waals surface area contributed by atoms with Crippen molar-refractivity contribution in [2.75, 3.05) is 7.05 Å². The standard InChI is InChI=1S/C7H11N3/c1-10-6-4-2-3-5-7(8)9/h2-6H,1H3,(H3,8,9)/b4-2-,5-3+,10-6?. The van der Waals surface area contributed by atoms with E-state index in [1.54, 1.807) is 31.5 Å². The molecule has 0 atom stereocenters. The fourth-order valence-corrected chi connectivity index (χ4v) is 0.359. The Hall–Kier alpha value is -1.38. The maximum Gasteiger partial charge on any atom is 0.115 e. The quantitative estimate of drug-likeness (QED) is 0.336. The van der Waals surface area contributed by atoms with Crippen LogP contribution in [0.5, 0.6) is 0 Å². The molecule has 0 saturated heterocycles. The Labute approximate surface area is 60.5 Å². The van der Waals surface area contributed by atoms with Crippen molar-refractivity contribution in [3.63, 3.8) is 0 Å². The summed E-state index contributed by atoms with van der Waals surface area (Å²) in [5.41, 5.74) is 5.04. The van der Waals surface area contributed by atoms with E-state index in [4.69, 9.17) is 11.1 Å². The van der Waals surface area contributed by atoms with Crippen LogP contribution in [0.2, 0.25) is 0 Å². The molecule has 0 aromatic rings. The zero-order valence-electron chi connectivity index (χ0n) is 5.91. The second-order valence-corrected chi connectivity index (χ2v) is 1.61. The molecule has 3 nitrogen and oxygen atoms in total. The summed E-state index contributed by atoms with van der Waals surface area (Å²) in [6.45, 7) is 0. The number of hydrogen-bond acceptors (Lipinski definition) is 2. The van der Waals surface area contributed by atoms with Gasteiger partial charge < -0.3 is 5.73 Å². The first-order chi connectivity index (χ1) is 4.77. The van der Waals surface area contributed by atoms with Crippen molar-refractivity contribution in [3.05, 3.63) is 24.3 Å². The number of amidine groups is 1. The predicted molar refractivity (Wildman–Crippen MR) is 44.6 cm³/mol. The van der Waals surface area contributed by atoms with Crippen LogP contribution < -0.4 is 5.73 Å². The van der Waals surface area contributed by atoms with Crippen LogP contribution in [0.25, 0.3) is 0 Å². The Bertz CT molecular complexity index is 177. The first-order valence-corrected chi connectivity index (χ1v) is 2.87. The third kappa shape index (κ3) is 6.62. The summed E-state index contributed by atoms with van der Waals surface area (Å²) in [6.07, 6.45) is 8.36. The summed E-state index contributed by atoms with van der Waals surface area (Å²) in [5.74, 6) is 0.0538. The van der Waals surface area contributed by atoms with Crippen LogP contribution in [-0.4, -0.2) is 19.1 Å². The van der Waals surface area contributed by atoms with Crippen LogP contribution in [-0.2, 0) is 0 Å². The molecule has 0 bridgehead atoms. The molecule has 0 saturated carbocycles. The number of rotatable bonds is 3. The first-order valence-electron chi connectivity index (χ1n) is 2.87. The molecule has 3 heteroatoms. The van der Waals surface area contributed by atoms with E-state index in [0.29, 0.717) is 0 Å². The third-order valence-corrected chi connectivity index (χ3v) is 0.733. The van der Waals surface area contributed by atoms with Crippen LogP contribution in [0.1, 0.15) is 0 Å². The minimum atomic E-state index is 0.0538. The van der Waals surface area contributed by atoms with Crippen LogP contribution in [0.3, 0.4) is 0 Å². The van der Waals surface area contributed by atoms with Gasteiger partial charge in [0.05, 0.1) is 0 Å². The van der Waals surface area contributed by atoms with Crippen molar-refractivity contribution in [2.45, 2.75) is 0 Å². The highest BCUT2D eigenvalue weighted by Crippen LogP contribution is 1.73. The summed E-state index contributed by atoms with van der Waals surface area (Å²) in [4.78, 5) is 3.72. The second kappa shape index (κ2) is 5.75. The lowest BCUT2D eigenvalue weighted by Gasteiger charge is -1.78. The van der Waals surface area contributed by atoms with Gasteiger partial charge in [0.1, 0.15) is 5.84 Å². The average molecular weight is 137 g/mol. The van der Waals surface area contributed by atoms with Gasteiger partial charge in [-0.1, -0.05) is 12.2 Å². The molecule has 0 aromatic carbocycles. The zero-order chi connectivity index (χ0) is 7.82. The largest absolute Gasteiger partial charge is 0.384 e. The minimum absolute atomic E-state index is 0.0538. The topological polar surface area (TPSA) is 62.2 Å². The van der Waals surface area contributed by atoms with Gasteiger partial charge in [0, 0.05) is 13.3 Å². The van der Waals surface area contributed by atoms with Gasteiger partial charge >= 0.3 is 0 Å². The van der Waals surface area contributed by atoms with E-state index in [1.165, 1.54) is 6.08 Å². The van der Waals surface area contributed by atoms with Gasteiger partial charge in [-0.15, -0.1) is 0 Å². The molecule has 3 N–H and O–H groups in total. The van der Waals surface area contributed by atoms with Crippen molar-refractivity contribution < 1.29 is 0 Å². The molecule has 0 radical (unpaired) electrons. The van der Waals surface area contributed by atoms with E-state index in [0.717, 1.165) is 0 Å². The molecule has 0 unspecified atom stereocenters. The molecular formula is C7H11N3. The van der Waals surface area contributed by atoms with Gasteiger partial charge in [-0.25, -0.2) is 0 Å². The smallest absolute Gasteiger partial charge is 0.115 e. The van der Waals surface area contributed by atoms with Gasteiger partial charge in [0.2, 0.25) is 0 Å². The third-order valence-electron chi connectivity index (χ3n) is 0.733. The van der Waals surface area contributed by atoms with Crippen molar-refractivity contribution in [1.82, 2.24) is 0 Å².